The molecule has 1 heterocycles. The summed E-state index contributed by atoms with van der Waals surface area (Å²) in [5.41, 5.74) is 1.15. The topological polar surface area (TPSA) is 95.9 Å². The Morgan fingerprint density at radius 3 is 2.44 bits per heavy atom. The fourth-order valence-electron chi connectivity index (χ4n) is 2.82. The summed E-state index contributed by atoms with van der Waals surface area (Å²) in [6.07, 6.45) is 0. The number of imide groups is 1. The van der Waals surface area contributed by atoms with Gasteiger partial charge in [0.15, 0.2) is 5.76 Å². The molecular weight excluding hydrogens is 348 g/mol. The molecule has 2 aromatic carbocycles. The monoisotopic (exact) mass is 366 g/mol. The molecule has 0 unspecified atom stereocenters. The lowest BCUT2D eigenvalue weighted by atomic mass is 10.1. The first kappa shape index (κ1) is 18.2. The molecule has 0 fully saturated rings. The van der Waals surface area contributed by atoms with Gasteiger partial charge in [-0.3, -0.25) is 14.4 Å². The van der Waals surface area contributed by atoms with Gasteiger partial charge >= 0.3 is 5.91 Å². The van der Waals surface area contributed by atoms with E-state index < -0.39 is 17.6 Å². The van der Waals surface area contributed by atoms with Crippen molar-refractivity contribution in [1.29, 1.82) is 0 Å². The Hall–Kier alpha value is -3.61. The Kier molecular flexibility index (Phi) is 4.94. The zero-order valence-electron chi connectivity index (χ0n) is 14.9. The number of ether oxygens (including phenoxy) is 1. The van der Waals surface area contributed by atoms with Crippen molar-refractivity contribution in [2.24, 2.45) is 0 Å². The van der Waals surface area contributed by atoms with Crippen molar-refractivity contribution in [3.05, 3.63) is 59.9 Å². The lowest BCUT2D eigenvalue weighted by Crippen LogP contribution is -2.31. The molecule has 1 aliphatic rings. The van der Waals surface area contributed by atoms with Crippen molar-refractivity contribution in [3.8, 4) is 5.75 Å². The number of rotatable bonds is 5. The molecular formula is C20H18N2O5. The average molecular weight is 366 g/mol. The molecule has 7 heteroatoms. The molecule has 1 aliphatic heterocycles. The van der Waals surface area contributed by atoms with Crippen molar-refractivity contribution in [1.82, 2.24) is 0 Å². The van der Waals surface area contributed by atoms with Gasteiger partial charge in [0.25, 0.3) is 5.91 Å². The van der Waals surface area contributed by atoms with Gasteiger partial charge in [-0.2, -0.15) is 0 Å². The second-order valence-electron chi connectivity index (χ2n) is 5.86. The minimum Gasteiger partial charge on any atom is -0.502 e. The molecule has 3 amide bonds. The summed E-state index contributed by atoms with van der Waals surface area (Å²) >= 11 is 0. The van der Waals surface area contributed by atoms with E-state index in [1.165, 1.54) is 6.92 Å². The van der Waals surface area contributed by atoms with Gasteiger partial charge in [-0.05, 0) is 36.8 Å². The van der Waals surface area contributed by atoms with E-state index in [0.717, 1.165) is 4.90 Å². The minimum atomic E-state index is -0.797. The molecule has 0 spiro atoms. The standard InChI is InChI=1S/C20H18N2O5/c1-3-27-16-6-4-5-15(11-16)22-19(25)17(18(24)20(22)26)13-7-9-14(10-8-13)21-12(2)23/h4-11,24H,3H2,1-2H3,(H,21,23). The van der Waals surface area contributed by atoms with Gasteiger partial charge in [0.2, 0.25) is 5.91 Å². The molecule has 0 saturated heterocycles. The molecule has 7 nitrogen and oxygen atoms in total. The first-order valence-electron chi connectivity index (χ1n) is 8.35. The van der Waals surface area contributed by atoms with E-state index in [1.54, 1.807) is 48.5 Å². The number of carbonyl (C=O) groups excluding carboxylic acids is 3. The highest BCUT2D eigenvalue weighted by Crippen LogP contribution is 2.33. The number of amides is 3. The van der Waals surface area contributed by atoms with Crippen molar-refractivity contribution < 1.29 is 24.2 Å². The van der Waals surface area contributed by atoms with Crippen LogP contribution in [0.25, 0.3) is 5.57 Å². The van der Waals surface area contributed by atoms with Gasteiger partial charge in [-0.15, -0.1) is 0 Å². The predicted octanol–water partition coefficient (Wildman–Crippen LogP) is 2.89. The van der Waals surface area contributed by atoms with Gasteiger partial charge in [-0.1, -0.05) is 18.2 Å². The van der Waals surface area contributed by atoms with Gasteiger partial charge in [0.1, 0.15) is 5.75 Å². The maximum absolute atomic E-state index is 12.8. The van der Waals surface area contributed by atoms with Crippen LogP contribution >= 0.6 is 0 Å². The number of hydrogen-bond donors (Lipinski definition) is 2. The summed E-state index contributed by atoms with van der Waals surface area (Å²) in [6, 6.07) is 12.8. The van der Waals surface area contributed by atoms with Crippen LogP contribution in [0.2, 0.25) is 0 Å². The number of aliphatic hydroxyl groups excluding tert-OH is 1. The number of nitrogens with zero attached hydrogens (tertiary/aromatic N) is 1. The first-order chi connectivity index (χ1) is 12.9. The highest BCUT2D eigenvalue weighted by Gasteiger charge is 2.40. The molecule has 0 bridgehead atoms. The van der Waals surface area contributed by atoms with E-state index in [1.807, 2.05) is 6.92 Å². The van der Waals surface area contributed by atoms with Crippen LogP contribution in [0.1, 0.15) is 19.4 Å². The summed E-state index contributed by atoms with van der Waals surface area (Å²) in [6.45, 7) is 3.66. The Labute approximate surface area is 155 Å². The smallest absolute Gasteiger partial charge is 0.301 e. The fraction of sp³-hybridized carbons (Fsp3) is 0.150. The highest BCUT2D eigenvalue weighted by atomic mass is 16.5. The third kappa shape index (κ3) is 3.52. The molecule has 138 valence electrons. The van der Waals surface area contributed by atoms with Crippen molar-refractivity contribution >= 4 is 34.7 Å². The molecule has 0 radical (unpaired) electrons. The summed E-state index contributed by atoms with van der Waals surface area (Å²) in [5, 5.41) is 12.9. The van der Waals surface area contributed by atoms with Crippen LogP contribution in [0.3, 0.4) is 0 Å². The van der Waals surface area contributed by atoms with Gasteiger partial charge in [0, 0.05) is 18.7 Å². The molecule has 0 aromatic heterocycles. The maximum atomic E-state index is 12.8. The number of benzene rings is 2. The van der Waals surface area contributed by atoms with Crippen LogP contribution in [0, 0.1) is 0 Å². The second-order valence-corrected chi connectivity index (χ2v) is 5.86. The SMILES string of the molecule is CCOc1cccc(N2C(=O)C(O)=C(c3ccc(NC(C)=O)cc3)C2=O)c1. The maximum Gasteiger partial charge on any atom is 0.301 e. The van der Waals surface area contributed by atoms with E-state index in [4.69, 9.17) is 4.74 Å². The number of nitrogens with one attached hydrogen (secondary N) is 1. The van der Waals surface area contributed by atoms with Gasteiger partial charge in [-0.25, -0.2) is 4.90 Å². The van der Waals surface area contributed by atoms with E-state index in [-0.39, 0.29) is 11.5 Å². The van der Waals surface area contributed by atoms with Crippen LogP contribution in [0.5, 0.6) is 5.75 Å². The third-order valence-corrected chi connectivity index (χ3v) is 3.94. The van der Waals surface area contributed by atoms with Crippen LogP contribution in [-0.2, 0) is 14.4 Å². The molecule has 0 atom stereocenters. The fourth-order valence-corrected chi connectivity index (χ4v) is 2.82. The Morgan fingerprint density at radius 1 is 1.11 bits per heavy atom. The molecule has 0 aliphatic carbocycles. The number of anilines is 2. The second kappa shape index (κ2) is 7.33. The average Bonchev–Trinajstić information content (AvgIpc) is 2.85. The number of hydrogen-bond acceptors (Lipinski definition) is 5. The van der Waals surface area contributed by atoms with Crippen molar-refractivity contribution in [2.75, 3.05) is 16.8 Å². The highest BCUT2D eigenvalue weighted by molar-refractivity contribution is 6.44. The van der Waals surface area contributed by atoms with Crippen LogP contribution in [-0.4, -0.2) is 29.4 Å². The Bertz CT molecular complexity index is 947. The largest absolute Gasteiger partial charge is 0.502 e. The lowest BCUT2D eigenvalue weighted by Gasteiger charge is -2.15. The molecule has 0 saturated carbocycles. The van der Waals surface area contributed by atoms with Crippen LogP contribution < -0.4 is 15.0 Å². The van der Waals surface area contributed by atoms with Crippen molar-refractivity contribution in [3.63, 3.8) is 0 Å². The lowest BCUT2D eigenvalue weighted by molar-refractivity contribution is -0.121. The zero-order chi connectivity index (χ0) is 19.6. The summed E-state index contributed by atoms with van der Waals surface area (Å²) in [4.78, 5) is 37.3. The van der Waals surface area contributed by atoms with Gasteiger partial charge in [0.05, 0.1) is 17.9 Å². The molecule has 2 aromatic rings. The molecule has 27 heavy (non-hydrogen) atoms. The van der Waals surface area contributed by atoms with E-state index >= 15 is 0 Å². The summed E-state index contributed by atoms with van der Waals surface area (Å²) in [5.74, 6) is -1.75. The third-order valence-electron chi connectivity index (χ3n) is 3.94. The van der Waals surface area contributed by atoms with E-state index in [2.05, 4.69) is 5.32 Å². The van der Waals surface area contributed by atoms with Crippen LogP contribution in [0.4, 0.5) is 11.4 Å². The first-order valence-corrected chi connectivity index (χ1v) is 8.35. The minimum absolute atomic E-state index is 0.0869. The normalized spacial score (nSPS) is 13.9. The van der Waals surface area contributed by atoms with E-state index in [9.17, 15) is 19.5 Å². The summed E-state index contributed by atoms with van der Waals surface area (Å²) in [7, 11) is 0. The quantitative estimate of drug-likeness (QED) is 0.793. The predicted molar refractivity (Wildman–Crippen MR) is 100 cm³/mol. The Balaban J connectivity index is 1.92. The van der Waals surface area contributed by atoms with Crippen molar-refractivity contribution in [2.45, 2.75) is 13.8 Å². The van der Waals surface area contributed by atoms with Gasteiger partial charge < -0.3 is 15.2 Å². The molecule has 2 N–H and O–H groups in total. The van der Waals surface area contributed by atoms with Crippen LogP contribution in [0.15, 0.2) is 54.3 Å². The Morgan fingerprint density at radius 2 is 1.81 bits per heavy atom. The number of aliphatic hydroxyl groups is 1. The zero-order valence-corrected chi connectivity index (χ0v) is 14.9. The summed E-state index contributed by atoms with van der Waals surface area (Å²) < 4.78 is 5.40. The van der Waals surface area contributed by atoms with E-state index in [0.29, 0.717) is 29.3 Å². The molecule has 3 rings (SSSR count). The number of carbonyl (C=O) groups is 3.